The number of Topliss-reactive ketones (excluding diaryl/α,β-unsaturated/α-hetero) is 1. The Morgan fingerprint density at radius 3 is 2.38 bits per heavy atom. The molecule has 0 saturated carbocycles. The number of ether oxygens (including phenoxy) is 1. The first-order valence-electron chi connectivity index (χ1n) is 9.02. The molecule has 1 amide bonds. The number of ketones is 1. The second kappa shape index (κ2) is 8.66. The van der Waals surface area contributed by atoms with E-state index in [9.17, 15) is 24.8 Å². The number of likely N-dealkylation sites (tertiary alicyclic amines) is 1. The molecule has 0 spiro atoms. The number of rotatable bonds is 7. The van der Waals surface area contributed by atoms with Gasteiger partial charge in [-0.2, -0.15) is 0 Å². The van der Waals surface area contributed by atoms with Crippen molar-refractivity contribution in [2.24, 2.45) is 0 Å². The lowest BCUT2D eigenvalue weighted by Gasteiger charge is -2.25. The van der Waals surface area contributed by atoms with Crippen LogP contribution in [0.3, 0.4) is 0 Å². The molecule has 1 fully saturated rings. The van der Waals surface area contributed by atoms with Gasteiger partial charge < -0.3 is 14.7 Å². The Kier molecular flexibility index (Phi) is 6.04. The van der Waals surface area contributed by atoms with Gasteiger partial charge in [0, 0.05) is 38.0 Å². The summed E-state index contributed by atoms with van der Waals surface area (Å²) in [4.78, 5) is 37.3. The van der Waals surface area contributed by atoms with Crippen LogP contribution in [0.2, 0.25) is 0 Å². The maximum Gasteiger partial charge on any atom is 0.295 e. The summed E-state index contributed by atoms with van der Waals surface area (Å²) in [6.45, 7) is 0.639. The molecule has 29 heavy (non-hydrogen) atoms. The predicted molar refractivity (Wildman–Crippen MR) is 105 cm³/mol. The van der Waals surface area contributed by atoms with Gasteiger partial charge in [0.2, 0.25) is 0 Å². The van der Waals surface area contributed by atoms with Crippen molar-refractivity contribution in [2.45, 2.75) is 12.5 Å². The third-order valence-electron chi connectivity index (χ3n) is 4.75. The molecule has 1 heterocycles. The number of carbonyl (C=O) groups is 2. The van der Waals surface area contributed by atoms with Crippen molar-refractivity contribution < 1.29 is 24.4 Å². The number of carbonyl (C=O) groups excluding carboxylic acids is 2. The van der Waals surface area contributed by atoms with Crippen molar-refractivity contribution in [1.29, 1.82) is 0 Å². The first-order chi connectivity index (χ1) is 14.0. The first kappa shape index (κ1) is 20.2. The molecular formula is C21H20N2O6. The van der Waals surface area contributed by atoms with Crippen LogP contribution in [0.4, 0.5) is 5.69 Å². The van der Waals surface area contributed by atoms with E-state index in [2.05, 4.69) is 0 Å². The normalized spacial score (nSPS) is 18.2. The molecule has 1 aliphatic rings. The molecule has 1 N–H and O–H groups in total. The number of amides is 1. The summed E-state index contributed by atoms with van der Waals surface area (Å²) >= 11 is 0. The van der Waals surface area contributed by atoms with Crippen LogP contribution in [0.25, 0.3) is 5.76 Å². The summed E-state index contributed by atoms with van der Waals surface area (Å²) in [5.74, 6) is -1.78. The maximum absolute atomic E-state index is 12.8. The van der Waals surface area contributed by atoms with Crippen molar-refractivity contribution in [3.8, 4) is 0 Å². The van der Waals surface area contributed by atoms with Crippen LogP contribution in [0, 0.1) is 10.1 Å². The number of nitrogens with zero attached hydrogens (tertiary/aromatic N) is 2. The Morgan fingerprint density at radius 1 is 1.14 bits per heavy atom. The van der Waals surface area contributed by atoms with Crippen LogP contribution >= 0.6 is 0 Å². The fraction of sp³-hybridized carbons (Fsp3) is 0.238. The molecule has 0 aromatic heterocycles. The molecule has 0 unspecified atom stereocenters. The number of methoxy groups -OCH3 is 1. The monoisotopic (exact) mass is 396 g/mol. The quantitative estimate of drug-likeness (QED) is 0.192. The standard InChI is InChI=1S/C21H20N2O6/c1-29-13-5-12-22-18(14-8-10-16(11-9-14)23(27)28)17(20(25)21(22)26)19(24)15-6-3-2-4-7-15/h2-4,6-11,18,24H,5,12-13H2,1H3/t18-/m1/s1. The van der Waals surface area contributed by atoms with Crippen LogP contribution in [0.5, 0.6) is 0 Å². The zero-order chi connectivity index (χ0) is 21.0. The van der Waals surface area contributed by atoms with E-state index in [0.717, 1.165) is 0 Å². The van der Waals surface area contributed by atoms with E-state index < -0.39 is 22.7 Å². The van der Waals surface area contributed by atoms with Crippen LogP contribution in [0.1, 0.15) is 23.6 Å². The van der Waals surface area contributed by atoms with Gasteiger partial charge >= 0.3 is 0 Å². The second-order valence-electron chi connectivity index (χ2n) is 6.55. The number of nitro benzene ring substituents is 1. The zero-order valence-corrected chi connectivity index (χ0v) is 15.8. The molecule has 8 heteroatoms. The van der Waals surface area contributed by atoms with Gasteiger partial charge in [0.1, 0.15) is 5.76 Å². The maximum atomic E-state index is 12.8. The summed E-state index contributed by atoms with van der Waals surface area (Å²) in [7, 11) is 1.54. The Hall–Kier alpha value is -3.52. The summed E-state index contributed by atoms with van der Waals surface area (Å²) in [6.07, 6.45) is 0.498. The lowest BCUT2D eigenvalue weighted by Crippen LogP contribution is -2.31. The predicted octanol–water partition coefficient (Wildman–Crippen LogP) is 3.05. The molecule has 8 nitrogen and oxygen atoms in total. The molecular weight excluding hydrogens is 376 g/mol. The minimum Gasteiger partial charge on any atom is -0.507 e. The van der Waals surface area contributed by atoms with Gasteiger partial charge in [-0.15, -0.1) is 0 Å². The molecule has 150 valence electrons. The Morgan fingerprint density at radius 2 is 1.79 bits per heavy atom. The number of benzene rings is 2. The number of non-ortho nitro benzene ring substituents is 1. The topological polar surface area (TPSA) is 110 Å². The van der Waals surface area contributed by atoms with Gasteiger partial charge in [-0.25, -0.2) is 0 Å². The summed E-state index contributed by atoms with van der Waals surface area (Å²) < 4.78 is 5.03. The number of aliphatic hydroxyl groups is 1. The van der Waals surface area contributed by atoms with E-state index in [1.165, 1.54) is 36.3 Å². The molecule has 1 saturated heterocycles. The molecule has 3 rings (SSSR count). The molecule has 0 aliphatic carbocycles. The number of hydrogen-bond acceptors (Lipinski definition) is 6. The molecule has 1 atom stereocenters. The highest BCUT2D eigenvalue weighted by atomic mass is 16.6. The fourth-order valence-electron chi connectivity index (χ4n) is 3.37. The first-order valence-corrected chi connectivity index (χ1v) is 9.02. The van der Waals surface area contributed by atoms with E-state index in [1.54, 1.807) is 30.3 Å². The minimum atomic E-state index is -0.840. The number of aliphatic hydroxyl groups excluding tert-OH is 1. The van der Waals surface area contributed by atoms with Gasteiger partial charge in [0.25, 0.3) is 17.4 Å². The van der Waals surface area contributed by atoms with Crippen LogP contribution < -0.4 is 0 Å². The van der Waals surface area contributed by atoms with Crippen molar-refractivity contribution in [1.82, 2.24) is 4.90 Å². The van der Waals surface area contributed by atoms with E-state index in [1.807, 2.05) is 0 Å². The number of hydrogen-bond donors (Lipinski definition) is 1. The van der Waals surface area contributed by atoms with Crippen molar-refractivity contribution >= 4 is 23.1 Å². The molecule has 0 radical (unpaired) electrons. The average Bonchev–Trinajstić information content (AvgIpc) is 2.99. The molecule has 1 aliphatic heterocycles. The van der Waals surface area contributed by atoms with Crippen LogP contribution in [0.15, 0.2) is 60.2 Å². The second-order valence-corrected chi connectivity index (χ2v) is 6.55. The summed E-state index contributed by atoms with van der Waals surface area (Å²) in [6, 6.07) is 13.3. The Labute approximate surface area is 167 Å². The molecule has 2 aromatic carbocycles. The summed E-state index contributed by atoms with van der Waals surface area (Å²) in [5.41, 5.74) is 0.777. The van der Waals surface area contributed by atoms with Crippen LogP contribution in [-0.2, 0) is 14.3 Å². The van der Waals surface area contributed by atoms with Crippen molar-refractivity contribution in [3.63, 3.8) is 0 Å². The van der Waals surface area contributed by atoms with Crippen molar-refractivity contribution in [2.75, 3.05) is 20.3 Å². The Bertz CT molecular complexity index is 953. The third kappa shape index (κ3) is 4.02. The minimum absolute atomic E-state index is 0.0348. The highest BCUT2D eigenvalue weighted by molar-refractivity contribution is 6.46. The van der Waals surface area contributed by atoms with Crippen LogP contribution in [-0.4, -0.2) is 46.9 Å². The Balaban J connectivity index is 2.10. The smallest absolute Gasteiger partial charge is 0.295 e. The average molecular weight is 396 g/mol. The van der Waals surface area contributed by atoms with Gasteiger partial charge in [-0.1, -0.05) is 30.3 Å². The third-order valence-corrected chi connectivity index (χ3v) is 4.75. The lowest BCUT2D eigenvalue weighted by molar-refractivity contribution is -0.384. The van der Waals surface area contributed by atoms with E-state index >= 15 is 0 Å². The molecule has 2 aromatic rings. The largest absolute Gasteiger partial charge is 0.507 e. The van der Waals surface area contributed by atoms with E-state index in [4.69, 9.17) is 4.74 Å². The van der Waals surface area contributed by atoms with Gasteiger partial charge in [0.15, 0.2) is 0 Å². The number of nitro groups is 1. The summed E-state index contributed by atoms with van der Waals surface area (Å²) in [5, 5.41) is 21.8. The highest BCUT2D eigenvalue weighted by Crippen LogP contribution is 2.39. The van der Waals surface area contributed by atoms with Gasteiger partial charge in [-0.05, 0) is 24.1 Å². The van der Waals surface area contributed by atoms with Gasteiger partial charge in [-0.3, -0.25) is 19.7 Å². The van der Waals surface area contributed by atoms with Gasteiger partial charge in [0.05, 0.1) is 16.5 Å². The SMILES string of the molecule is COCCCN1C(=O)C(=O)C(=C(O)c2ccccc2)[C@H]1c1ccc([N+](=O)[O-])cc1. The lowest BCUT2D eigenvalue weighted by atomic mass is 9.95. The van der Waals surface area contributed by atoms with E-state index in [0.29, 0.717) is 24.2 Å². The van der Waals surface area contributed by atoms with Crippen molar-refractivity contribution in [3.05, 3.63) is 81.4 Å². The highest BCUT2D eigenvalue weighted by Gasteiger charge is 2.45. The zero-order valence-electron chi connectivity index (χ0n) is 15.8. The van der Waals surface area contributed by atoms with E-state index in [-0.39, 0.29) is 23.6 Å². The molecule has 0 bridgehead atoms. The fourth-order valence-corrected chi connectivity index (χ4v) is 3.37.